The van der Waals surface area contributed by atoms with Gasteiger partial charge in [0.25, 0.3) is 0 Å². The summed E-state index contributed by atoms with van der Waals surface area (Å²) in [5, 5.41) is 3.82. The van der Waals surface area contributed by atoms with Gasteiger partial charge in [0.05, 0.1) is 0 Å². The molecule has 0 aromatic carbocycles. The Balaban J connectivity index is 3.42. The third-order valence-corrected chi connectivity index (χ3v) is 2.87. The van der Waals surface area contributed by atoms with Gasteiger partial charge in [-0.05, 0) is 60.2 Å². The zero-order valence-electron chi connectivity index (χ0n) is 12.1. The van der Waals surface area contributed by atoms with Crippen molar-refractivity contribution in [2.24, 2.45) is 0 Å². The summed E-state index contributed by atoms with van der Waals surface area (Å²) in [7, 11) is 2.13. The highest BCUT2D eigenvalue weighted by atomic mass is 79.9. The normalized spacial score (nSPS) is 11.7. The molecule has 0 atom stereocenters. The van der Waals surface area contributed by atoms with Crippen LogP contribution in [0.15, 0.2) is 0 Å². The molecular weight excluding hydrogens is 296 g/mol. The second-order valence-corrected chi connectivity index (χ2v) is 6.27. The average Bonchev–Trinajstić information content (AvgIpc) is 2.23. The summed E-state index contributed by atoms with van der Waals surface area (Å²) in [6, 6.07) is 0. The Labute approximate surface area is 120 Å². The lowest BCUT2D eigenvalue weighted by atomic mass is 10.2. The zero-order valence-corrected chi connectivity index (χ0v) is 13.7. The largest absolute Gasteiger partial charge is 0.444 e. The minimum atomic E-state index is -0.417. The third kappa shape index (κ3) is 12.2. The van der Waals surface area contributed by atoms with Crippen LogP contribution in [0.1, 0.15) is 40.0 Å². The lowest BCUT2D eigenvalue weighted by Gasteiger charge is -2.20. The summed E-state index contributed by atoms with van der Waals surface area (Å²) in [5.74, 6) is 0. The van der Waals surface area contributed by atoms with E-state index in [1.807, 2.05) is 20.8 Å². The van der Waals surface area contributed by atoms with E-state index >= 15 is 0 Å². The maximum Gasteiger partial charge on any atom is 0.407 e. The van der Waals surface area contributed by atoms with Crippen LogP contribution < -0.4 is 5.32 Å². The molecule has 0 unspecified atom stereocenters. The summed E-state index contributed by atoms with van der Waals surface area (Å²) < 4.78 is 5.15. The third-order valence-electron chi connectivity index (χ3n) is 2.31. The van der Waals surface area contributed by atoms with Gasteiger partial charge >= 0.3 is 6.09 Å². The van der Waals surface area contributed by atoms with Crippen molar-refractivity contribution in [3.63, 3.8) is 0 Å². The van der Waals surface area contributed by atoms with E-state index < -0.39 is 5.60 Å². The van der Waals surface area contributed by atoms with E-state index in [0.717, 1.165) is 31.3 Å². The number of ether oxygens (including phenoxy) is 1. The van der Waals surface area contributed by atoms with Crippen molar-refractivity contribution in [1.82, 2.24) is 10.2 Å². The number of unbranched alkanes of at least 4 members (excludes halogenated alkanes) is 1. The van der Waals surface area contributed by atoms with E-state index in [2.05, 4.69) is 33.2 Å². The van der Waals surface area contributed by atoms with Gasteiger partial charge in [0.1, 0.15) is 5.60 Å². The molecule has 5 heteroatoms. The maximum atomic E-state index is 11.3. The Morgan fingerprint density at radius 3 is 2.39 bits per heavy atom. The van der Waals surface area contributed by atoms with Gasteiger partial charge in [-0.3, -0.25) is 0 Å². The highest BCUT2D eigenvalue weighted by Gasteiger charge is 2.15. The SMILES string of the molecule is CN(CCCBr)CCCCNC(=O)OC(C)(C)C. The van der Waals surface area contributed by atoms with Crippen LogP contribution >= 0.6 is 15.9 Å². The Bertz CT molecular complexity index is 230. The predicted octanol–water partition coefficient (Wildman–Crippen LogP) is 3.01. The average molecular weight is 323 g/mol. The molecule has 0 aliphatic rings. The molecule has 1 N–H and O–H groups in total. The quantitative estimate of drug-likeness (QED) is 0.551. The maximum absolute atomic E-state index is 11.3. The van der Waals surface area contributed by atoms with Crippen LogP contribution in [0.3, 0.4) is 0 Å². The molecule has 0 rings (SSSR count). The van der Waals surface area contributed by atoms with Gasteiger partial charge in [-0.2, -0.15) is 0 Å². The number of alkyl carbamates (subject to hydrolysis) is 1. The molecule has 1 amide bonds. The summed E-state index contributed by atoms with van der Waals surface area (Å²) in [5.41, 5.74) is -0.417. The molecule has 18 heavy (non-hydrogen) atoms. The number of nitrogens with one attached hydrogen (secondary N) is 1. The van der Waals surface area contributed by atoms with E-state index in [9.17, 15) is 4.79 Å². The number of halogens is 1. The van der Waals surface area contributed by atoms with Crippen LogP contribution in [0, 0.1) is 0 Å². The molecule has 0 saturated heterocycles. The lowest BCUT2D eigenvalue weighted by molar-refractivity contribution is 0.0526. The van der Waals surface area contributed by atoms with Crippen molar-refractivity contribution in [3.05, 3.63) is 0 Å². The van der Waals surface area contributed by atoms with Crippen molar-refractivity contribution in [1.29, 1.82) is 0 Å². The summed E-state index contributed by atoms with van der Waals surface area (Å²) in [6.07, 6.45) is 2.93. The van der Waals surface area contributed by atoms with Crippen molar-refractivity contribution >= 4 is 22.0 Å². The monoisotopic (exact) mass is 322 g/mol. The Kier molecular flexibility index (Phi) is 9.46. The van der Waals surface area contributed by atoms with Crippen LogP contribution in [0.25, 0.3) is 0 Å². The predicted molar refractivity (Wildman–Crippen MR) is 79.4 cm³/mol. The minimum Gasteiger partial charge on any atom is -0.444 e. The van der Waals surface area contributed by atoms with Gasteiger partial charge in [-0.1, -0.05) is 15.9 Å². The first-order valence-corrected chi connectivity index (χ1v) is 7.68. The molecule has 0 bridgehead atoms. The topological polar surface area (TPSA) is 41.6 Å². The van der Waals surface area contributed by atoms with Gasteiger partial charge in [0.15, 0.2) is 0 Å². The number of carbonyl (C=O) groups excluding carboxylic acids is 1. The molecule has 0 fully saturated rings. The summed E-state index contributed by atoms with van der Waals surface area (Å²) in [4.78, 5) is 13.7. The number of hydrogen-bond acceptors (Lipinski definition) is 3. The van der Waals surface area contributed by atoms with Gasteiger partial charge in [0.2, 0.25) is 0 Å². The first-order valence-electron chi connectivity index (χ1n) is 6.56. The molecule has 0 aliphatic heterocycles. The van der Waals surface area contributed by atoms with Gasteiger partial charge in [-0.15, -0.1) is 0 Å². The van der Waals surface area contributed by atoms with E-state index in [1.165, 1.54) is 6.42 Å². The van der Waals surface area contributed by atoms with Gasteiger partial charge in [0, 0.05) is 11.9 Å². The smallest absolute Gasteiger partial charge is 0.407 e. The number of amides is 1. The molecule has 0 aromatic rings. The molecule has 0 spiro atoms. The van der Waals surface area contributed by atoms with Crippen LogP contribution in [-0.2, 0) is 4.74 Å². The van der Waals surface area contributed by atoms with E-state index in [1.54, 1.807) is 0 Å². The second-order valence-electron chi connectivity index (χ2n) is 5.48. The van der Waals surface area contributed by atoms with Gasteiger partial charge < -0.3 is 15.0 Å². The van der Waals surface area contributed by atoms with Crippen molar-refractivity contribution in [2.75, 3.05) is 32.0 Å². The first-order chi connectivity index (χ1) is 8.35. The number of hydrogen-bond donors (Lipinski definition) is 1. The fraction of sp³-hybridized carbons (Fsp3) is 0.923. The van der Waals surface area contributed by atoms with Crippen LogP contribution in [-0.4, -0.2) is 48.6 Å². The van der Waals surface area contributed by atoms with Crippen molar-refractivity contribution in [2.45, 2.75) is 45.6 Å². The van der Waals surface area contributed by atoms with E-state index in [0.29, 0.717) is 6.54 Å². The van der Waals surface area contributed by atoms with Crippen molar-refractivity contribution < 1.29 is 9.53 Å². The molecule has 4 nitrogen and oxygen atoms in total. The Morgan fingerprint density at radius 2 is 1.83 bits per heavy atom. The Morgan fingerprint density at radius 1 is 1.22 bits per heavy atom. The molecule has 0 heterocycles. The summed E-state index contributed by atoms with van der Waals surface area (Å²) in [6.45, 7) is 8.47. The lowest BCUT2D eigenvalue weighted by Crippen LogP contribution is -2.33. The number of alkyl halides is 1. The molecule has 0 aromatic heterocycles. The highest BCUT2D eigenvalue weighted by Crippen LogP contribution is 2.06. The van der Waals surface area contributed by atoms with Crippen LogP contribution in [0.4, 0.5) is 4.79 Å². The van der Waals surface area contributed by atoms with Crippen LogP contribution in [0.5, 0.6) is 0 Å². The molecule has 0 radical (unpaired) electrons. The molecule has 0 saturated carbocycles. The number of carbonyl (C=O) groups is 1. The summed E-state index contributed by atoms with van der Waals surface area (Å²) >= 11 is 3.42. The number of nitrogens with zero attached hydrogens (tertiary/aromatic N) is 1. The standard InChI is InChI=1S/C13H27BrN2O2/c1-13(2,3)18-12(17)15-9-5-6-10-16(4)11-7-8-14/h5-11H2,1-4H3,(H,15,17). The van der Waals surface area contributed by atoms with E-state index in [-0.39, 0.29) is 6.09 Å². The second kappa shape index (κ2) is 9.62. The molecule has 108 valence electrons. The van der Waals surface area contributed by atoms with Gasteiger partial charge in [-0.25, -0.2) is 4.79 Å². The Hall–Kier alpha value is -0.290. The minimum absolute atomic E-state index is 0.324. The number of rotatable bonds is 8. The van der Waals surface area contributed by atoms with E-state index in [4.69, 9.17) is 4.74 Å². The fourth-order valence-electron chi connectivity index (χ4n) is 1.45. The first kappa shape index (κ1) is 17.7. The highest BCUT2D eigenvalue weighted by molar-refractivity contribution is 9.09. The molecular formula is C13H27BrN2O2. The van der Waals surface area contributed by atoms with Crippen molar-refractivity contribution in [3.8, 4) is 0 Å². The fourth-order valence-corrected chi connectivity index (χ4v) is 1.70. The molecule has 0 aliphatic carbocycles. The zero-order chi connectivity index (χ0) is 14.0. The van der Waals surface area contributed by atoms with Crippen LogP contribution in [0.2, 0.25) is 0 Å².